The molecule has 0 saturated carbocycles. The summed E-state index contributed by atoms with van der Waals surface area (Å²) in [5, 5.41) is 0. The smallest absolute Gasteiger partial charge is 0.416 e. The highest BCUT2D eigenvalue weighted by Gasteiger charge is 2.30. The van der Waals surface area contributed by atoms with Crippen LogP contribution < -0.4 is 14.2 Å². The van der Waals surface area contributed by atoms with Crippen LogP contribution in [0.5, 0.6) is 17.2 Å². The summed E-state index contributed by atoms with van der Waals surface area (Å²) in [6.45, 7) is 3.68. The van der Waals surface area contributed by atoms with Crippen molar-refractivity contribution >= 4 is 0 Å². The third kappa shape index (κ3) is 5.15. The molecule has 1 fully saturated rings. The van der Waals surface area contributed by atoms with Crippen molar-refractivity contribution in [1.82, 2.24) is 4.90 Å². The highest BCUT2D eigenvalue weighted by atomic mass is 19.4. The topological polar surface area (TPSA) is 30.9 Å². The van der Waals surface area contributed by atoms with E-state index in [4.69, 9.17) is 14.2 Å². The normalized spacial score (nSPS) is 22.3. The standard InChI is InChI=1S/C22H24F3NO3/c23-22(24,25)17-7-9-18(10-8-17)27-14-16-4-3-11-26(12-16)13-19-15-28-20-5-1-2-6-21(20)29-19/h1-2,5-10,16,19H,3-4,11-15H2/t16-,19+/m1/s1. The Kier molecular flexibility index (Phi) is 5.85. The summed E-state index contributed by atoms with van der Waals surface area (Å²) in [4.78, 5) is 2.35. The summed E-state index contributed by atoms with van der Waals surface area (Å²) >= 11 is 0. The van der Waals surface area contributed by atoms with E-state index in [1.165, 1.54) is 12.1 Å². The van der Waals surface area contributed by atoms with Gasteiger partial charge in [-0.1, -0.05) is 12.1 Å². The fourth-order valence-corrected chi connectivity index (χ4v) is 3.85. The maximum absolute atomic E-state index is 12.6. The molecule has 2 heterocycles. The Morgan fingerprint density at radius 1 is 1.03 bits per heavy atom. The fraction of sp³-hybridized carbons (Fsp3) is 0.455. The fourth-order valence-electron chi connectivity index (χ4n) is 3.85. The lowest BCUT2D eigenvalue weighted by Crippen LogP contribution is -2.45. The minimum Gasteiger partial charge on any atom is -0.493 e. The van der Waals surface area contributed by atoms with Crippen LogP contribution in [0.15, 0.2) is 48.5 Å². The minimum atomic E-state index is -4.33. The highest BCUT2D eigenvalue weighted by Crippen LogP contribution is 2.32. The van der Waals surface area contributed by atoms with Crippen molar-refractivity contribution in [1.29, 1.82) is 0 Å². The summed E-state index contributed by atoms with van der Waals surface area (Å²) in [5.74, 6) is 2.37. The van der Waals surface area contributed by atoms with Gasteiger partial charge in [0.25, 0.3) is 0 Å². The Hall–Kier alpha value is -2.41. The number of rotatable bonds is 5. The highest BCUT2D eigenvalue weighted by molar-refractivity contribution is 5.40. The van der Waals surface area contributed by atoms with Gasteiger partial charge < -0.3 is 14.2 Å². The number of nitrogens with zero attached hydrogens (tertiary/aromatic N) is 1. The van der Waals surface area contributed by atoms with Gasteiger partial charge in [-0.3, -0.25) is 4.90 Å². The van der Waals surface area contributed by atoms with Crippen LogP contribution in [-0.4, -0.2) is 43.9 Å². The first-order chi connectivity index (χ1) is 14.0. The number of hydrogen-bond acceptors (Lipinski definition) is 4. The molecule has 0 unspecified atom stereocenters. The third-order valence-corrected chi connectivity index (χ3v) is 5.30. The lowest BCUT2D eigenvalue weighted by atomic mass is 9.98. The van der Waals surface area contributed by atoms with Gasteiger partial charge in [-0.15, -0.1) is 0 Å². The van der Waals surface area contributed by atoms with E-state index in [1.807, 2.05) is 24.3 Å². The first-order valence-electron chi connectivity index (χ1n) is 9.88. The van der Waals surface area contributed by atoms with Crippen LogP contribution in [-0.2, 0) is 6.18 Å². The van der Waals surface area contributed by atoms with Crippen molar-refractivity contribution in [2.24, 2.45) is 5.92 Å². The van der Waals surface area contributed by atoms with Crippen LogP contribution in [0, 0.1) is 5.92 Å². The summed E-state index contributed by atoms with van der Waals surface area (Å²) in [6, 6.07) is 12.6. The molecule has 1 saturated heterocycles. The van der Waals surface area contributed by atoms with Gasteiger partial charge in [-0.05, 0) is 55.8 Å². The quantitative estimate of drug-likeness (QED) is 0.723. The Morgan fingerprint density at radius 3 is 2.55 bits per heavy atom. The van der Waals surface area contributed by atoms with Gasteiger partial charge in [0.2, 0.25) is 0 Å². The van der Waals surface area contributed by atoms with Crippen LogP contribution in [0.25, 0.3) is 0 Å². The van der Waals surface area contributed by atoms with E-state index in [-0.39, 0.29) is 6.10 Å². The average Bonchev–Trinajstić information content (AvgIpc) is 2.72. The number of para-hydroxylation sites is 2. The summed E-state index contributed by atoms with van der Waals surface area (Å²) < 4.78 is 55.5. The number of benzene rings is 2. The average molecular weight is 407 g/mol. The summed E-state index contributed by atoms with van der Waals surface area (Å²) in [7, 11) is 0. The van der Waals surface area contributed by atoms with Gasteiger partial charge in [0.05, 0.1) is 12.2 Å². The number of ether oxygens (including phenoxy) is 3. The molecule has 2 aliphatic heterocycles. The van der Waals surface area contributed by atoms with E-state index in [9.17, 15) is 13.2 Å². The Bertz CT molecular complexity index is 810. The molecule has 0 bridgehead atoms. The Morgan fingerprint density at radius 2 is 1.79 bits per heavy atom. The number of fused-ring (bicyclic) bond motifs is 1. The number of hydrogen-bond donors (Lipinski definition) is 0. The van der Waals surface area contributed by atoms with E-state index >= 15 is 0 Å². The largest absolute Gasteiger partial charge is 0.493 e. The van der Waals surface area contributed by atoms with Crippen molar-refractivity contribution in [3.63, 3.8) is 0 Å². The predicted molar refractivity (Wildman–Crippen MR) is 102 cm³/mol. The van der Waals surface area contributed by atoms with Crippen molar-refractivity contribution in [3.05, 3.63) is 54.1 Å². The second-order valence-corrected chi connectivity index (χ2v) is 7.60. The molecule has 4 nitrogen and oxygen atoms in total. The van der Waals surface area contributed by atoms with Crippen molar-refractivity contribution in [2.45, 2.75) is 25.1 Å². The molecule has 2 aromatic rings. The van der Waals surface area contributed by atoms with E-state index in [2.05, 4.69) is 4.90 Å². The second-order valence-electron chi connectivity index (χ2n) is 7.60. The molecule has 0 amide bonds. The molecule has 2 atom stereocenters. The molecule has 0 aromatic heterocycles. The minimum absolute atomic E-state index is 0.0144. The molecule has 2 aliphatic rings. The first-order valence-corrected chi connectivity index (χ1v) is 9.88. The summed E-state index contributed by atoms with van der Waals surface area (Å²) in [5.41, 5.74) is -0.662. The number of likely N-dealkylation sites (tertiary alicyclic amines) is 1. The predicted octanol–water partition coefficient (Wildman–Crippen LogP) is 4.64. The molecule has 7 heteroatoms. The maximum atomic E-state index is 12.6. The number of piperidine rings is 1. The molecule has 0 aliphatic carbocycles. The van der Waals surface area contributed by atoms with E-state index in [0.717, 1.165) is 56.1 Å². The maximum Gasteiger partial charge on any atom is 0.416 e. The van der Waals surface area contributed by atoms with Crippen LogP contribution in [0.3, 0.4) is 0 Å². The van der Waals surface area contributed by atoms with Gasteiger partial charge in [-0.2, -0.15) is 13.2 Å². The van der Waals surface area contributed by atoms with Crippen molar-refractivity contribution < 1.29 is 27.4 Å². The molecular formula is C22H24F3NO3. The molecular weight excluding hydrogens is 383 g/mol. The summed E-state index contributed by atoms with van der Waals surface area (Å²) in [6.07, 6.45) is -2.24. The molecule has 156 valence electrons. The molecule has 29 heavy (non-hydrogen) atoms. The first kappa shape index (κ1) is 19.9. The molecule has 2 aromatic carbocycles. The Labute approximate surface area is 168 Å². The lowest BCUT2D eigenvalue weighted by molar-refractivity contribution is -0.137. The lowest BCUT2D eigenvalue weighted by Gasteiger charge is -2.36. The van der Waals surface area contributed by atoms with Crippen LogP contribution in [0.1, 0.15) is 18.4 Å². The Balaban J connectivity index is 1.26. The van der Waals surface area contributed by atoms with Crippen molar-refractivity contribution in [3.8, 4) is 17.2 Å². The molecule has 0 N–H and O–H groups in total. The van der Waals surface area contributed by atoms with E-state index in [1.54, 1.807) is 0 Å². The number of halogens is 3. The van der Waals surface area contributed by atoms with Gasteiger partial charge in [0.15, 0.2) is 11.5 Å². The van der Waals surface area contributed by atoms with E-state index in [0.29, 0.717) is 24.9 Å². The molecule has 0 spiro atoms. The second kappa shape index (κ2) is 8.53. The molecule has 4 rings (SSSR count). The zero-order chi connectivity index (χ0) is 20.3. The van der Waals surface area contributed by atoms with Crippen LogP contribution in [0.4, 0.5) is 13.2 Å². The zero-order valence-electron chi connectivity index (χ0n) is 16.0. The van der Waals surface area contributed by atoms with Gasteiger partial charge in [0.1, 0.15) is 18.5 Å². The monoisotopic (exact) mass is 407 g/mol. The SMILES string of the molecule is FC(F)(F)c1ccc(OC[C@@H]2CCCN(C[C@H]3COc4ccccc4O3)C2)cc1. The van der Waals surface area contributed by atoms with Gasteiger partial charge >= 0.3 is 6.18 Å². The van der Waals surface area contributed by atoms with Crippen LogP contribution >= 0.6 is 0 Å². The number of alkyl halides is 3. The zero-order valence-corrected chi connectivity index (χ0v) is 16.0. The van der Waals surface area contributed by atoms with Crippen LogP contribution in [0.2, 0.25) is 0 Å². The van der Waals surface area contributed by atoms with Gasteiger partial charge in [0, 0.05) is 19.0 Å². The van der Waals surface area contributed by atoms with Gasteiger partial charge in [-0.25, -0.2) is 0 Å². The third-order valence-electron chi connectivity index (χ3n) is 5.30. The molecule has 0 radical (unpaired) electrons. The van der Waals surface area contributed by atoms with E-state index < -0.39 is 11.7 Å². The van der Waals surface area contributed by atoms with Crippen molar-refractivity contribution in [2.75, 3.05) is 32.8 Å².